The van der Waals surface area contributed by atoms with E-state index in [0.29, 0.717) is 0 Å². The molecule has 82 valence electrons. The third kappa shape index (κ3) is 2.94. The number of rotatable bonds is 2. The van der Waals surface area contributed by atoms with Gasteiger partial charge in [-0.2, -0.15) is 0 Å². The summed E-state index contributed by atoms with van der Waals surface area (Å²) in [5, 5.41) is 0.745. The normalized spacial score (nSPS) is 12.6. The lowest BCUT2D eigenvalue weighted by Crippen LogP contribution is -1.85. The first kappa shape index (κ1) is 11.4. The highest BCUT2D eigenvalue weighted by Crippen LogP contribution is 2.19. The third-order valence-electron chi connectivity index (χ3n) is 2.15. The molecule has 2 rings (SSSR count). The average molecular weight is 250 g/mol. The Hall–Kier alpha value is -1.12. The highest BCUT2D eigenvalue weighted by atomic mass is 35.5. The SMILES string of the molecule is CS(=Nc1ccc(Cl)cc1)c1ccccc1. The molecule has 0 amide bonds. The summed E-state index contributed by atoms with van der Waals surface area (Å²) in [4.78, 5) is 1.25. The van der Waals surface area contributed by atoms with Crippen molar-refractivity contribution in [2.24, 2.45) is 4.36 Å². The maximum Gasteiger partial charge on any atom is 0.0708 e. The molecule has 2 aromatic rings. The standard InChI is InChI=1S/C13H12ClNS/c1-16(13-5-3-2-4-6-13)15-12-9-7-11(14)8-10-12/h2-10H,1H3. The van der Waals surface area contributed by atoms with Gasteiger partial charge in [0.2, 0.25) is 0 Å². The average Bonchev–Trinajstić information content (AvgIpc) is 2.33. The predicted octanol–water partition coefficient (Wildman–Crippen LogP) is 4.46. The quantitative estimate of drug-likeness (QED) is 0.745. The van der Waals surface area contributed by atoms with Gasteiger partial charge >= 0.3 is 0 Å². The van der Waals surface area contributed by atoms with Gasteiger partial charge in [-0.05, 0) is 42.7 Å². The van der Waals surface area contributed by atoms with Gasteiger partial charge in [-0.3, -0.25) is 0 Å². The van der Waals surface area contributed by atoms with E-state index < -0.39 is 0 Å². The largest absolute Gasteiger partial charge is 0.224 e. The van der Waals surface area contributed by atoms with E-state index in [4.69, 9.17) is 11.6 Å². The molecule has 0 heterocycles. The minimum Gasteiger partial charge on any atom is -0.224 e. The van der Waals surface area contributed by atoms with Crippen molar-refractivity contribution in [1.29, 1.82) is 0 Å². The van der Waals surface area contributed by atoms with Gasteiger partial charge in [-0.1, -0.05) is 40.5 Å². The van der Waals surface area contributed by atoms with E-state index in [-0.39, 0.29) is 10.7 Å². The Morgan fingerprint density at radius 1 is 0.938 bits per heavy atom. The van der Waals surface area contributed by atoms with Crippen molar-refractivity contribution >= 4 is 28.0 Å². The van der Waals surface area contributed by atoms with Crippen LogP contribution in [0.5, 0.6) is 0 Å². The number of benzene rings is 2. The molecular weight excluding hydrogens is 238 g/mol. The second-order valence-electron chi connectivity index (χ2n) is 3.36. The maximum absolute atomic E-state index is 5.83. The molecule has 1 unspecified atom stereocenters. The molecule has 0 N–H and O–H groups in total. The van der Waals surface area contributed by atoms with Gasteiger partial charge in [0.05, 0.1) is 5.69 Å². The fourth-order valence-corrected chi connectivity index (χ4v) is 2.55. The van der Waals surface area contributed by atoms with Gasteiger partial charge < -0.3 is 0 Å². The summed E-state index contributed by atoms with van der Waals surface area (Å²) in [7, 11) is -0.109. The first-order valence-electron chi connectivity index (χ1n) is 4.94. The topological polar surface area (TPSA) is 12.4 Å². The van der Waals surface area contributed by atoms with Crippen LogP contribution >= 0.6 is 11.6 Å². The van der Waals surface area contributed by atoms with Crippen LogP contribution in [0.25, 0.3) is 0 Å². The van der Waals surface area contributed by atoms with Crippen molar-refractivity contribution in [3.05, 3.63) is 59.6 Å². The second-order valence-corrected chi connectivity index (χ2v) is 5.41. The lowest BCUT2D eigenvalue weighted by atomic mass is 10.3. The first-order valence-corrected chi connectivity index (χ1v) is 6.91. The third-order valence-corrected chi connectivity index (χ3v) is 3.84. The van der Waals surface area contributed by atoms with Crippen molar-refractivity contribution < 1.29 is 0 Å². The van der Waals surface area contributed by atoms with E-state index in [1.54, 1.807) is 0 Å². The molecule has 0 aliphatic rings. The number of nitrogens with zero attached hydrogens (tertiary/aromatic N) is 1. The van der Waals surface area contributed by atoms with Gasteiger partial charge in [0.15, 0.2) is 0 Å². The Labute approximate surface area is 103 Å². The van der Waals surface area contributed by atoms with E-state index in [9.17, 15) is 0 Å². The van der Waals surface area contributed by atoms with Crippen LogP contribution < -0.4 is 0 Å². The summed E-state index contributed by atoms with van der Waals surface area (Å²) in [6.07, 6.45) is 2.12. The predicted molar refractivity (Wildman–Crippen MR) is 71.5 cm³/mol. The van der Waals surface area contributed by atoms with Gasteiger partial charge in [-0.15, -0.1) is 0 Å². The Kier molecular flexibility index (Phi) is 3.75. The molecule has 0 fully saturated rings. The molecule has 0 saturated heterocycles. The van der Waals surface area contributed by atoms with Crippen molar-refractivity contribution in [3.63, 3.8) is 0 Å². The highest BCUT2D eigenvalue weighted by Gasteiger charge is 1.95. The van der Waals surface area contributed by atoms with Crippen LogP contribution in [0.3, 0.4) is 0 Å². The summed E-state index contributed by atoms with van der Waals surface area (Å²) in [5.74, 6) is 0. The molecular formula is C13H12ClNS. The molecule has 1 nitrogen and oxygen atoms in total. The van der Waals surface area contributed by atoms with E-state index in [0.717, 1.165) is 10.7 Å². The minimum atomic E-state index is -0.109. The zero-order chi connectivity index (χ0) is 11.4. The van der Waals surface area contributed by atoms with Crippen molar-refractivity contribution in [2.75, 3.05) is 6.26 Å². The van der Waals surface area contributed by atoms with Gasteiger partial charge in [0.1, 0.15) is 0 Å². The van der Waals surface area contributed by atoms with E-state index >= 15 is 0 Å². The zero-order valence-electron chi connectivity index (χ0n) is 8.93. The maximum atomic E-state index is 5.83. The smallest absolute Gasteiger partial charge is 0.0708 e. The van der Waals surface area contributed by atoms with Crippen LogP contribution in [0.4, 0.5) is 5.69 Å². The molecule has 0 aliphatic carbocycles. The monoisotopic (exact) mass is 249 g/mol. The van der Waals surface area contributed by atoms with Crippen LogP contribution in [0.1, 0.15) is 0 Å². The minimum absolute atomic E-state index is 0.109. The zero-order valence-corrected chi connectivity index (χ0v) is 10.5. The van der Waals surface area contributed by atoms with E-state index in [1.807, 2.05) is 42.5 Å². The lowest BCUT2D eigenvalue weighted by Gasteiger charge is -2.02. The van der Waals surface area contributed by atoms with Crippen molar-refractivity contribution in [2.45, 2.75) is 4.90 Å². The van der Waals surface area contributed by atoms with Crippen molar-refractivity contribution in [3.8, 4) is 0 Å². The summed E-state index contributed by atoms with van der Waals surface area (Å²) >= 11 is 5.83. The number of halogens is 1. The van der Waals surface area contributed by atoms with Crippen molar-refractivity contribution in [1.82, 2.24) is 0 Å². The Bertz CT molecular complexity index is 491. The van der Waals surface area contributed by atoms with Crippen LogP contribution in [-0.2, 0) is 10.7 Å². The molecule has 2 aromatic carbocycles. The van der Waals surface area contributed by atoms with Crippen LogP contribution in [0.2, 0.25) is 5.02 Å². The van der Waals surface area contributed by atoms with Gasteiger partial charge in [-0.25, -0.2) is 4.36 Å². The molecule has 0 spiro atoms. The van der Waals surface area contributed by atoms with E-state index in [2.05, 4.69) is 22.8 Å². The first-order chi connectivity index (χ1) is 7.75. The summed E-state index contributed by atoms with van der Waals surface area (Å²) < 4.78 is 4.64. The van der Waals surface area contributed by atoms with Gasteiger partial charge in [0.25, 0.3) is 0 Å². The lowest BCUT2D eigenvalue weighted by molar-refractivity contribution is 1.44. The molecule has 0 radical (unpaired) electrons. The molecule has 0 aromatic heterocycles. The van der Waals surface area contributed by atoms with Crippen LogP contribution in [-0.4, -0.2) is 6.26 Å². The Morgan fingerprint density at radius 2 is 1.56 bits per heavy atom. The number of hydrogen-bond acceptors (Lipinski definition) is 1. The number of hydrogen-bond donors (Lipinski definition) is 0. The van der Waals surface area contributed by atoms with E-state index in [1.165, 1.54) is 4.90 Å². The summed E-state index contributed by atoms with van der Waals surface area (Å²) in [5.41, 5.74) is 0.971. The highest BCUT2D eigenvalue weighted by molar-refractivity contribution is 7.86. The summed E-state index contributed by atoms with van der Waals surface area (Å²) in [6, 6.07) is 17.9. The molecule has 16 heavy (non-hydrogen) atoms. The fraction of sp³-hybridized carbons (Fsp3) is 0.0769. The molecule has 0 saturated carbocycles. The fourth-order valence-electron chi connectivity index (χ4n) is 1.33. The molecule has 0 aliphatic heterocycles. The summed E-state index contributed by atoms with van der Waals surface area (Å²) in [6.45, 7) is 0. The van der Waals surface area contributed by atoms with Gasteiger partial charge in [0, 0.05) is 9.92 Å². The molecule has 0 bridgehead atoms. The molecule has 1 atom stereocenters. The Balaban J connectivity index is 2.28. The Morgan fingerprint density at radius 3 is 2.19 bits per heavy atom. The second kappa shape index (κ2) is 5.28. The molecule has 3 heteroatoms. The van der Waals surface area contributed by atoms with Crippen LogP contribution in [0, 0.1) is 0 Å². The van der Waals surface area contributed by atoms with Crippen LogP contribution in [0.15, 0.2) is 63.9 Å².